The van der Waals surface area contributed by atoms with E-state index < -0.39 is 0 Å². The van der Waals surface area contributed by atoms with E-state index in [4.69, 9.17) is 0 Å². The third-order valence-electron chi connectivity index (χ3n) is 5.08. The molecule has 0 radical (unpaired) electrons. The molecule has 3 heterocycles. The summed E-state index contributed by atoms with van der Waals surface area (Å²) in [6.07, 6.45) is 7.93. The normalized spacial score (nSPS) is 24.2. The first-order valence-corrected chi connectivity index (χ1v) is 8.46. The number of rotatable bonds is 3. The lowest BCUT2D eigenvalue weighted by molar-refractivity contribution is 0.0656. The summed E-state index contributed by atoms with van der Waals surface area (Å²) >= 11 is 0. The fourth-order valence-electron chi connectivity index (χ4n) is 3.72. The van der Waals surface area contributed by atoms with Crippen LogP contribution >= 0.6 is 0 Å². The van der Waals surface area contributed by atoms with Crippen molar-refractivity contribution in [2.45, 2.75) is 45.1 Å². The molecule has 3 rings (SSSR count). The van der Waals surface area contributed by atoms with Gasteiger partial charge >= 0.3 is 0 Å². The Morgan fingerprint density at radius 3 is 2.90 bits per heavy atom. The van der Waals surface area contributed by atoms with E-state index in [-0.39, 0.29) is 5.91 Å². The molecule has 2 saturated heterocycles. The number of nitrogens with zero attached hydrogens (tertiary/aromatic N) is 2. The van der Waals surface area contributed by atoms with Crippen LogP contribution in [0.3, 0.4) is 0 Å². The maximum atomic E-state index is 12.9. The molecule has 0 saturated carbocycles. The number of likely N-dealkylation sites (tertiary alicyclic amines) is 1. The van der Waals surface area contributed by atoms with Crippen LogP contribution in [0.25, 0.3) is 0 Å². The standard InChI is InChI=1S/C17H27N3O/c1-2-14-5-3-11-19(13-14)17(21)16-6-4-12-20(16)15-7-9-18-10-8-15/h4,6,12,14-15,18H,2-3,5,7-11,13H2,1H3. The van der Waals surface area contributed by atoms with Crippen LogP contribution in [0.5, 0.6) is 0 Å². The molecular weight excluding hydrogens is 262 g/mol. The predicted octanol–water partition coefficient (Wildman–Crippen LogP) is 2.67. The highest BCUT2D eigenvalue weighted by Gasteiger charge is 2.27. The number of nitrogens with one attached hydrogen (secondary N) is 1. The third kappa shape index (κ3) is 3.15. The van der Waals surface area contributed by atoms with Crippen molar-refractivity contribution in [3.05, 3.63) is 24.0 Å². The van der Waals surface area contributed by atoms with Crippen molar-refractivity contribution in [2.24, 2.45) is 5.92 Å². The first-order valence-electron chi connectivity index (χ1n) is 8.46. The fraction of sp³-hybridized carbons (Fsp3) is 0.706. The lowest BCUT2D eigenvalue weighted by Crippen LogP contribution is -2.41. The molecule has 2 fully saturated rings. The highest BCUT2D eigenvalue weighted by atomic mass is 16.2. The predicted molar refractivity (Wildman–Crippen MR) is 84.5 cm³/mol. The van der Waals surface area contributed by atoms with Crippen LogP contribution in [0.4, 0.5) is 0 Å². The molecule has 1 unspecified atom stereocenters. The number of piperidine rings is 2. The second-order valence-electron chi connectivity index (χ2n) is 6.45. The number of amides is 1. The first-order chi connectivity index (χ1) is 10.3. The van der Waals surface area contributed by atoms with Crippen molar-refractivity contribution >= 4 is 5.91 Å². The van der Waals surface area contributed by atoms with Crippen molar-refractivity contribution in [1.29, 1.82) is 0 Å². The first kappa shape index (κ1) is 14.6. The summed E-state index contributed by atoms with van der Waals surface area (Å²) in [6, 6.07) is 4.50. The Morgan fingerprint density at radius 1 is 1.33 bits per heavy atom. The summed E-state index contributed by atoms with van der Waals surface area (Å²) in [6.45, 7) is 6.20. The molecule has 2 aliphatic rings. The molecule has 1 aromatic heterocycles. The minimum absolute atomic E-state index is 0.233. The summed E-state index contributed by atoms with van der Waals surface area (Å²) < 4.78 is 2.22. The van der Waals surface area contributed by atoms with E-state index in [0.717, 1.165) is 51.1 Å². The molecule has 1 aromatic rings. The molecule has 0 aromatic carbocycles. The van der Waals surface area contributed by atoms with Gasteiger partial charge in [0.05, 0.1) is 0 Å². The Morgan fingerprint density at radius 2 is 2.14 bits per heavy atom. The van der Waals surface area contributed by atoms with Gasteiger partial charge in [0.25, 0.3) is 5.91 Å². The summed E-state index contributed by atoms with van der Waals surface area (Å²) in [5.74, 6) is 0.918. The van der Waals surface area contributed by atoms with Gasteiger partial charge in [0.15, 0.2) is 0 Å². The van der Waals surface area contributed by atoms with Gasteiger partial charge in [-0.25, -0.2) is 0 Å². The average molecular weight is 289 g/mol. The maximum absolute atomic E-state index is 12.9. The van der Waals surface area contributed by atoms with Crippen LogP contribution in [-0.2, 0) is 0 Å². The molecule has 1 atom stereocenters. The van der Waals surface area contributed by atoms with Crippen LogP contribution in [0, 0.1) is 5.92 Å². The van der Waals surface area contributed by atoms with Gasteiger partial charge in [0, 0.05) is 25.3 Å². The second kappa shape index (κ2) is 6.65. The molecule has 0 bridgehead atoms. The van der Waals surface area contributed by atoms with Crippen LogP contribution < -0.4 is 5.32 Å². The number of carbonyl (C=O) groups is 1. The fourth-order valence-corrected chi connectivity index (χ4v) is 3.72. The Hall–Kier alpha value is -1.29. The van der Waals surface area contributed by atoms with E-state index in [9.17, 15) is 4.79 Å². The van der Waals surface area contributed by atoms with E-state index in [1.54, 1.807) is 0 Å². The zero-order valence-corrected chi connectivity index (χ0v) is 13.1. The summed E-state index contributed by atoms with van der Waals surface area (Å²) in [5.41, 5.74) is 0.888. The van der Waals surface area contributed by atoms with Crippen molar-refractivity contribution in [2.75, 3.05) is 26.2 Å². The van der Waals surface area contributed by atoms with Gasteiger partial charge in [0.1, 0.15) is 5.69 Å². The van der Waals surface area contributed by atoms with Gasteiger partial charge in [-0.2, -0.15) is 0 Å². The van der Waals surface area contributed by atoms with E-state index in [1.165, 1.54) is 12.8 Å². The van der Waals surface area contributed by atoms with Crippen molar-refractivity contribution in [3.63, 3.8) is 0 Å². The zero-order chi connectivity index (χ0) is 14.7. The molecule has 4 heteroatoms. The summed E-state index contributed by atoms with van der Waals surface area (Å²) in [4.78, 5) is 14.9. The summed E-state index contributed by atoms with van der Waals surface area (Å²) in [5, 5.41) is 3.39. The Bertz CT molecular complexity index is 476. The minimum Gasteiger partial charge on any atom is -0.340 e. The van der Waals surface area contributed by atoms with Gasteiger partial charge in [-0.05, 0) is 56.8 Å². The van der Waals surface area contributed by atoms with Crippen LogP contribution in [0.15, 0.2) is 18.3 Å². The van der Waals surface area contributed by atoms with Gasteiger partial charge in [-0.3, -0.25) is 4.79 Å². The highest BCUT2D eigenvalue weighted by molar-refractivity contribution is 5.93. The molecule has 2 aliphatic heterocycles. The summed E-state index contributed by atoms with van der Waals surface area (Å²) in [7, 11) is 0. The zero-order valence-electron chi connectivity index (χ0n) is 13.1. The minimum atomic E-state index is 0.233. The quantitative estimate of drug-likeness (QED) is 0.929. The average Bonchev–Trinajstić information content (AvgIpc) is 3.04. The largest absolute Gasteiger partial charge is 0.340 e. The number of aromatic nitrogens is 1. The van der Waals surface area contributed by atoms with Crippen molar-refractivity contribution in [3.8, 4) is 0 Å². The van der Waals surface area contributed by atoms with Gasteiger partial charge in [-0.15, -0.1) is 0 Å². The smallest absolute Gasteiger partial charge is 0.270 e. The molecule has 1 N–H and O–H groups in total. The number of carbonyl (C=O) groups excluding carboxylic acids is 1. The van der Waals surface area contributed by atoms with Crippen molar-refractivity contribution < 1.29 is 4.79 Å². The highest BCUT2D eigenvalue weighted by Crippen LogP contribution is 2.25. The van der Waals surface area contributed by atoms with E-state index in [0.29, 0.717) is 12.0 Å². The molecular formula is C17H27N3O. The molecule has 4 nitrogen and oxygen atoms in total. The van der Waals surface area contributed by atoms with Gasteiger partial charge in [-0.1, -0.05) is 13.3 Å². The maximum Gasteiger partial charge on any atom is 0.270 e. The monoisotopic (exact) mass is 289 g/mol. The topological polar surface area (TPSA) is 37.3 Å². The lowest BCUT2D eigenvalue weighted by Gasteiger charge is -2.33. The molecule has 1 amide bonds. The van der Waals surface area contributed by atoms with Crippen molar-refractivity contribution in [1.82, 2.24) is 14.8 Å². The van der Waals surface area contributed by atoms with Gasteiger partial charge < -0.3 is 14.8 Å². The van der Waals surface area contributed by atoms with Crippen LogP contribution in [0.1, 0.15) is 55.6 Å². The van der Waals surface area contributed by atoms with Crippen LogP contribution in [0.2, 0.25) is 0 Å². The Kier molecular flexibility index (Phi) is 4.63. The molecule has 0 aliphatic carbocycles. The Balaban J connectivity index is 1.74. The SMILES string of the molecule is CCC1CCCN(C(=O)c2cccn2C2CCNCC2)C1. The molecule has 0 spiro atoms. The van der Waals surface area contributed by atoms with Gasteiger partial charge in [0.2, 0.25) is 0 Å². The van der Waals surface area contributed by atoms with E-state index in [2.05, 4.69) is 27.9 Å². The third-order valence-corrected chi connectivity index (χ3v) is 5.08. The number of hydrogen-bond acceptors (Lipinski definition) is 2. The second-order valence-corrected chi connectivity index (χ2v) is 6.45. The van der Waals surface area contributed by atoms with Crippen LogP contribution in [-0.4, -0.2) is 41.6 Å². The number of hydrogen-bond donors (Lipinski definition) is 1. The van der Waals surface area contributed by atoms with E-state index in [1.807, 2.05) is 12.1 Å². The van der Waals surface area contributed by atoms with E-state index >= 15 is 0 Å². The Labute approximate surface area is 127 Å². The lowest BCUT2D eigenvalue weighted by atomic mass is 9.95. The molecule has 21 heavy (non-hydrogen) atoms. The molecule has 116 valence electrons.